The number of aryl methyl sites for hydroxylation is 1. The average Bonchev–Trinajstić information content (AvgIpc) is 3.39. The van der Waals surface area contributed by atoms with Gasteiger partial charge in [0.1, 0.15) is 11.4 Å². The van der Waals surface area contributed by atoms with Crippen molar-refractivity contribution in [1.82, 2.24) is 14.4 Å². The van der Waals surface area contributed by atoms with Gasteiger partial charge in [0.15, 0.2) is 0 Å². The maximum atomic E-state index is 13.4. The lowest BCUT2D eigenvalue weighted by Gasteiger charge is -2.42. The number of benzene rings is 2. The normalized spacial score (nSPS) is 16.6. The molecule has 1 saturated heterocycles. The summed E-state index contributed by atoms with van der Waals surface area (Å²) in [6.45, 7) is 8.88. The van der Waals surface area contributed by atoms with E-state index in [1.807, 2.05) is 52.0 Å². The van der Waals surface area contributed by atoms with Gasteiger partial charge in [-0.25, -0.2) is 18.4 Å². The number of piperazine rings is 1. The summed E-state index contributed by atoms with van der Waals surface area (Å²) in [5.74, 6) is 0.208. The number of esters is 1. The Bertz CT molecular complexity index is 1450. The Labute approximate surface area is 245 Å². The molecule has 4 rings (SSSR count). The standard InChI is InChI=1S/C31H40F2N4O5/c1-19-14-26(40-6)23(21-10-11-37(28(19)21)30(39)42-31(2,3)4)16-36-13-12-35(18-27(32)33)17-25(36)20-8-9-22(29(38)41-7)24(15-20)34-5/h8-11,14-15,25,27,34H,12-13,16-18H2,1-7H3. The SMILES string of the molecule is CNc1cc(C2CN(CC(F)F)CCN2Cc2c(OC)cc(C)c3c2ccn3C(=O)OC(C)(C)C)ccc1C(=O)OC. The molecule has 0 saturated carbocycles. The van der Waals surface area contributed by atoms with Crippen molar-refractivity contribution in [1.29, 1.82) is 0 Å². The summed E-state index contributed by atoms with van der Waals surface area (Å²) < 4.78 is 44.7. The van der Waals surface area contributed by atoms with Crippen molar-refractivity contribution >= 4 is 28.7 Å². The molecule has 1 aliphatic heterocycles. The molecular formula is C31H40F2N4O5. The third-order valence-corrected chi connectivity index (χ3v) is 7.48. The zero-order chi connectivity index (χ0) is 30.8. The zero-order valence-corrected chi connectivity index (χ0v) is 25.3. The molecule has 0 aliphatic carbocycles. The summed E-state index contributed by atoms with van der Waals surface area (Å²) in [6.07, 6.45) is -1.21. The highest BCUT2D eigenvalue weighted by Gasteiger charge is 2.32. The molecule has 228 valence electrons. The molecule has 0 amide bonds. The van der Waals surface area contributed by atoms with Gasteiger partial charge in [-0.05, 0) is 63.1 Å². The molecule has 1 aliphatic rings. The van der Waals surface area contributed by atoms with Crippen LogP contribution in [0.15, 0.2) is 36.5 Å². The smallest absolute Gasteiger partial charge is 0.419 e. The number of anilines is 1. The minimum atomic E-state index is -2.45. The number of rotatable bonds is 8. The number of carbonyl (C=O) groups excluding carboxylic acids is 2. The van der Waals surface area contributed by atoms with Gasteiger partial charge in [-0.3, -0.25) is 14.4 Å². The monoisotopic (exact) mass is 586 g/mol. The van der Waals surface area contributed by atoms with Crippen LogP contribution in [0.25, 0.3) is 10.9 Å². The van der Waals surface area contributed by atoms with E-state index in [1.54, 1.807) is 31.3 Å². The summed E-state index contributed by atoms with van der Waals surface area (Å²) in [6, 6.07) is 8.95. The molecule has 9 nitrogen and oxygen atoms in total. The molecule has 1 aromatic heterocycles. The summed E-state index contributed by atoms with van der Waals surface area (Å²) in [4.78, 5) is 29.3. The van der Waals surface area contributed by atoms with Gasteiger partial charge in [0.05, 0.1) is 31.8 Å². The number of nitrogens with one attached hydrogen (secondary N) is 1. The number of hydrogen-bond donors (Lipinski definition) is 1. The van der Waals surface area contributed by atoms with E-state index in [2.05, 4.69) is 10.2 Å². The van der Waals surface area contributed by atoms with Gasteiger partial charge >= 0.3 is 12.1 Å². The summed E-state index contributed by atoms with van der Waals surface area (Å²) >= 11 is 0. The molecule has 1 N–H and O–H groups in total. The highest BCUT2D eigenvalue weighted by molar-refractivity contribution is 5.96. The number of aromatic nitrogens is 1. The molecule has 2 heterocycles. The molecule has 42 heavy (non-hydrogen) atoms. The summed E-state index contributed by atoms with van der Waals surface area (Å²) in [7, 11) is 4.65. The minimum absolute atomic E-state index is 0.259. The van der Waals surface area contributed by atoms with Crippen molar-refractivity contribution < 1.29 is 32.6 Å². The van der Waals surface area contributed by atoms with Crippen LogP contribution in [0.2, 0.25) is 0 Å². The molecule has 0 spiro atoms. The molecular weight excluding hydrogens is 546 g/mol. The van der Waals surface area contributed by atoms with Gasteiger partial charge in [0.25, 0.3) is 6.43 Å². The van der Waals surface area contributed by atoms with Crippen molar-refractivity contribution in [3.05, 3.63) is 58.8 Å². The van der Waals surface area contributed by atoms with E-state index >= 15 is 0 Å². The van der Waals surface area contributed by atoms with Gasteiger partial charge in [0.2, 0.25) is 0 Å². The van der Waals surface area contributed by atoms with E-state index in [4.69, 9.17) is 14.2 Å². The number of methoxy groups -OCH3 is 2. The van der Waals surface area contributed by atoms with Gasteiger partial charge in [-0.15, -0.1) is 0 Å². The predicted octanol–water partition coefficient (Wildman–Crippen LogP) is 5.69. The number of halogens is 2. The Kier molecular flexibility index (Phi) is 9.42. The lowest BCUT2D eigenvalue weighted by molar-refractivity contribution is 0.0245. The van der Waals surface area contributed by atoms with Gasteiger partial charge in [-0.1, -0.05) is 6.07 Å². The number of ether oxygens (including phenoxy) is 3. The van der Waals surface area contributed by atoms with Crippen molar-refractivity contribution in [3.8, 4) is 5.75 Å². The highest BCUT2D eigenvalue weighted by atomic mass is 19.3. The van der Waals surface area contributed by atoms with Crippen LogP contribution in [0.4, 0.5) is 19.3 Å². The molecule has 0 radical (unpaired) electrons. The van der Waals surface area contributed by atoms with Crippen LogP contribution in [-0.4, -0.2) is 85.9 Å². The first-order valence-electron chi connectivity index (χ1n) is 13.9. The van der Waals surface area contributed by atoms with Gasteiger partial charge < -0.3 is 19.5 Å². The van der Waals surface area contributed by atoms with E-state index in [0.717, 1.165) is 27.6 Å². The Morgan fingerprint density at radius 2 is 1.86 bits per heavy atom. The lowest BCUT2D eigenvalue weighted by Crippen LogP contribution is -2.49. The summed E-state index contributed by atoms with van der Waals surface area (Å²) in [5, 5.41) is 3.91. The van der Waals surface area contributed by atoms with E-state index in [0.29, 0.717) is 43.2 Å². The highest BCUT2D eigenvalue weighted by Crippen LogP contribution is 2.37. The second kappa shape index (κ2) is 12.7. The van der Waals surface area contributed by atoms with E-state index < -0.39 is 24.1 Å². The number of alkyl halides is 2. The van der Waals surface area contributed by atoms with Gasteiger partial charge in [0, 0.05) is 62.1 Å². The zero-order valence-electron chi connectivity index (χ0n) is 25.3. The quantitative estimate of drug-likeness (QED) is 0.337. The van der Waals surface area contributed by atoms with Crippen LogP contribution in [0.5, 0.6) is 5.75 Å². The van der Waals surface area contributed by atoms with Crippen molar-refractivity contribution in [2.45, 2.75) is 52.3 Å². The van der Waals surface area contributed by atoms with Crippen molar-refractivity contribution in [3.63, 3.8) is 0 Å². The Morgan fingerprint density at radius 1 is 1.12 bits per heavy atom. The fourth-order valence-electron chi connectivity index (χ4n) is 5.58. The van der Waals surface area contributed by atoms with Gasteiger partial charge in [-0.2, -0.15) is 0 Å². The second-order valence-corrected chi connectivity index (χ2v) is 11.5. The third-order valence-electron chi connectivity index (χ3n) is 7.48. The van der Waals surface area contributed by atoms with E-state index in [1.165, 1.54) is 11.7 Å². The Hall–Kier alpha value is -3.70. The fraction of sp³-hybridized carbons (Fsp3) is 0.484. The molecule has 2 aromatic carbocycles. The first kappa shape index (κ1) is 31.2. The Morgan fingerprint density at radius 3 is 2.48 bits per heavy atom. The van der Waals surface area contributed by atoms with Crippen LogP contribution < -0.4 is 10.1 Å². The number of hydrogen-bond acceptors (Lipinski definition) is 8. The van der Waals surface area contributed by atoms with Crippen LogP contribution in [0.3, 0.4) is 0 Å². The van der Waals surface area contributed by atoms with E-state index in [-0.39, 0.29) is 12.6 Å². The molecule has 1 unspecified atom stereocenters. The minimum Gasteiger partial charge on any atom is -0.496 e. The third kappa shape index (κ3) is 6.68. The second-order valence-electron chi connectivity index (χ2n) is 11.5. The molecule has 11 heteroatoms. The van der Waals surface area contributed by atoms with Crippen molar-refractivity contribution in [2.24, 2.45) is 0 Å². The maximum Gasteiger partial charge on any atom is 0.419 e. The largest absolute Gasteiger partial charge is 0.496 e. The van der Waals surface area contributed by atoms with Crippen LogP contribution in [0.1, 0.15) is 53.9 Å². The number of nitrogens with zero attached hydrogens (tertiary/aromatic N) is 3. The molecule has 3 aromatic rings. The summed E-state index contributed by atoms with van der Waals surface area (Å²) in [5.41, 5.74) is 3.67. The molecule has 1 fully saturated rings. The van der Waals surface area contributed by atoms with Crippen LogP contribution in [0, 0.1) is 6.92 Å². The topological polar surface area (TPSA) is 85.3 Å². The lowest BCUT2D eigenvalue weighted by atomic mass is 9.97. The molecule has 1 atom stereocenters. The number of fused-ring (bicyclic) bond motifs is 1. The molecule has 0 bridgehead atoms. The van der Waals surface area contributed by atoms with Crippen LogP contribution >= 0.6 is 0 Å². The maximum absolute atomic E-state index is 13.4. The Balaban J connectivity index is 1.77. The van der Waals surface area contributed by atoms with Crippen molar-refractivity contribution in [2.75, 3.05) is 52.8 Å². The fourth-order valence-corrected chi connectivity index (χ4v) is 5.58. The number of carbonyl (C=O) groups is 2. The van der Waals surface area contributed by atoms with E-state index in [9.17, 15) is 18.4 Å². The average molecular weight is 587 g/mol. The first-order valence-corrected chi connectivity index (χ1v) is 13.9. The first-order chi connectivity index (χ1) is 19.9. The predicted molar refractivity (Wildman–Crippen MR) is 158 cm³/mol. The van der Waals surface area contributed by atoms with Crippen LogP contribution in [-0.2, 0) is 16.0 Å².